The van der Waals surface area contributed by atoms with E-state index in [1.807, 2.05) is 267 Å². The normalized spacial score (nSPS) is 9.48. The van der Waals surface area contributed by atoms with Gasteiger partial charge in [-0.25, -0.2) is 9.78 Å². The number of aromatic carboxylic acids is 1. The monoisotopic (exact) mass is 2620 g/mol. The summed E-state index contributed by atoms with van der Waals surface area (Å²) in [4.78, 5) is 67.9. The maximum Gasteiger partial charge on any atom is 0.354 e. The van der Waals surface area contributed by atoms with Gasteiger partial charge >= 0.3 is 5.97 Å². The van der Waals surface area contributed by atoms with Crippen molar-refractivity contribution < 1.29 is 129 Å². The molecular weight excluding hydrogens is 2530 g/mol. The smallest absolute Gasteiger partial charge is 0.354 e. The van der Waals surface area contributed by atoms with Crippen molar-refractivity contribution in [1.82, 2.24) is 44.9 Å². The van der Waals surface area contributed by atoms with Gasteiger partial charge < -0.3 is 40.0 Å². The van der Waals surface area contributed by atoms with Crippen molar-refractivity contribution in [3.63, 3.8) is 0 Å². The van der Waals surface area contributed by atoms with Gasteiger partial charge in [-0.1, -0.05) is 182 Å². The number of benzene rings is 10. The number of aryl methyl sites for hydroxylation is 3. The fourth-order valence-electron chi connectivity index (χ4n) is 11.6. The van der Waals surface area contributed by atoms with Crippen LogP contribution in [0.5, 0.6) is 0 Å². The summed E-state index contributed by atoms with van der Waals surface area (Å²) >= 11 is 0. The van der Waals surface area contributed by atoms with E-state index in [0.29, 0.717) is 5.69 Å². The van der Waals surface area contributed by atoms with Gasteiger partial charge in [-0.3, -0.25) is 23.4 Å². The van der Waals surface area contributed by atoms with E-state index in [1.54, 1.807) is 73.7 Å². The molecule has 0 amide bonds. The molecule has 0 aliphatic carbocycles. The van der Waals surface area contributed by atoms with E-state index in [4.69, 9.17) is 5.11 Å². The van der Waals surface area contributed by atoms with Crippen LogP contribution in [-0.2, 0) is 110 Å². The zero-order valence-corrected chi connectivity index (χ0v) is 84.1. The Morgan fingerprint density at radius 1 is 0.295 bits per heavy atom. The average Bonchev–Trinajstić information content (AvgIpc) is 0.804. The predicted molar refractivity (Wildman–Crippen MR) is 502 cm³/mol. The minimum atomic E-state index is -0.990. The second-order valence-corrected chi connectivity index (χ2v) is 27.5. The summed E-state index contributed by atoms with van der Waals surface area (Å²) in [6, 6.07) is 142. The summed E-state index contributed by atoms with van der Waals surface area (Å²) in [5, 5.41) is 9.54. The number of nitrogens with zero attached hydrogens (tertiary/aromatic N) is 9. The molecule has 0 bridgehead atoms. The number of pyridine rings is 9. The molecule has 0 fully saturated rings. The Morgan fingerprint density at radius 2 is 0.659 bits per heavy atom. The predicted octanol–water partition coefficient (Wildman–Crippen LogP) is 25.7. The summed E-state index contributed by atoms with van der Waals surface area (Å²) in [6.07, 6.45) is 13.8. The average molecular weight is 2620 g/mol. The van der Waals surface area contributed by atoms with Gasteiger partial charge in [0.25, 0.3) is 0 Å². The van der Waals surface area contributed by atoms with E-state index in [9.17, 15) is 23.2 Å². The van der Waals surface area contributed by atoms with Gasteiger partial charge in [-0.05, 0) is 133 Å². The number of ketones is 2. The van der Waals surface area contributed by atoms with Crippen LogP contribution in [0.1, 0.15) is 47.4 Å². The van der Waals surface area contributed by atoms with Crippen LogP contribution < -0.4 is 0 Å². The Balaban J connectivity index is 0.000000260. The van der Waals surface area contributed by atoms with Gasteiger partial charge in [0.15, 0.2) is 0 Å². The Kier molecular flexibility index (Phi) is 51.4. The van der Waals surface area contributed by atoms with Crippen molar-refractivity contribution in [2.75, 3.05) is 0 Å². The van der Waals surface area contributed by atoms with Crippen LogP contribution in [0.25, 0.3) is 112 Å². The molecule has 0 atom stereocenters. The van der Waals surface area contributed by atoms with Gasteiger partial charge in [-0.15, -0.1) is 256 Å². The van der Waals surface area contributed by atoms with Crippen molar-refractivity contribution >= 4 is 28.4 Å². The van der Waals surface area contributed by atoms with Gasteiger partial charge in [-0.2, -0.15) is 0 Å². The molecule has 0 saturated carbocycles. The number of carbonyl (C=O) groups excluding carboxylic acids is 2. The second kappa shape index (κ2) is 62.1. The second-order valence-electron chi connectivity index (χ2n) is 27.5. The van der Waals surface area contributed by atoms with Crippen molar-refractivity contribution in [2.24, 2.45) is 0 Å². The van der Waals surface area contributed by atoms with Crippen LogP contribution in [0.3, 0.4) is 0 Å². The quantitative estimate of drug-likeness (QED) is 0.0900. The molecule has 9 aromatic heterocycles. The molecular formula is C112H87F2Ir5N9O4-8. The van der Waals surface area contributed by atoms with Crippen LogP contribution in [0.2, 0.25) is 0 Å². The fraction of sp³-hybridized carbons (Fsp3) is 0.0536. The van der Waals surface area contributed by atoms with Gasteiger partial charge in [0.1, 0.15) is 17.3 Å². The van der Waals surface area contributed by atoms with Crippen molar-refractivity contribution in [3.05, 3.63) is 502 Å². The van der Waals surface area contributed by atoms with Crippen molar-refractivity contribution in [2.45, 2.75) is 41.0 Å². The number of aromatic nitrogens is 9. The number of hydrogen-bond acceptors (Lipinski definition) is 12. The molecule has 0 unspecified atom stereocenters. The Hall–Kier alpha value is -13.3. The molecule has 20 heteroatoms. The topological polar surface area (TPSA) is 187 Å². The number of Topliss-reactive ketones (excluding diaryl/α,β-unsaturated/α-hetero) is 2. The van der Waals surface area contributed by atoms with E-state index in [2.05, 4.69) is 169 Å². The van der Waals surface area contributed by atoms with Gasteiger partial charge in [0.05, 0.1) is 11.9 Å². The van der Waals surface area contributed by atoms with Crippen LogP contribution in [0.15, 0.2) is 420 Å². The molecule has 1 N–H and O–H groups in total. The first-order chi connectivity index (χ1) is 62.1. The Morgan fingerprint density at radius 3 is 1.00 bits per heavy atom. The molecule has 10 aromatic carbocycles. The summed E-state index contributed by atoms with van der Waals surface area (Å²) < 4.78 is 25.8. The number of carboxylic acids is 1. The maximum absolute atomic E-state index is 13.2. The molecule has 0 aliphatic heterocycles. The first-order valence-corrected chi connectivity index (χ1v) is 40.3. The summed E-state index contributed by atoms with van der Waals surface area (Å²) in [5.41, 5.74) is 22.0. The molecule has 0 aliphatic rings. The maximum atomic E-state index is 13.2. The largest absolute Gasteiger partial charge is 0.477 e. The zero-order chi connectivity index (χ0) is 89.3. The van der Waals surface area contributed by atoms with Crippen LogP contribution in [0.4, 0.5) is 8.78 Å². The van der Waals surface area contributed by atoms with E-state index in [1.165, 1.54) is 59.3 Å². The number of halogens is 2. The number of carbonyl (C=O) groups is 3. The summed E-state index contributed by atoms with van der Waals surface area (Å²) in [6.45, 7) is 9.05. The van der Waals surface area contributed by atoms with Crippen LogP contribution in [-0.4, -0.2) is 67.5 Å². The molecule has 13 nitrogen and oxygen atoms in total. The number of fused-ring (bicyclic) bond motifs is 1. The molecule has 132 heavy (non-hydrogen) atoms. The minimum absolute atomic E-state index is 0. The third-order valence-corrected chi connectivity index (χ3v) is 17.7. The van der Waals surface area contributed by atoms with E-state index >= 15 is 0 Å². The number of rotatable bonds is 12. The Bertz CT molecular complexity index is 6040. The minimum Gasteiger partial charge on any atom is -0.477 e. The fourth-order valence-corrected chi connectivity index (χ4v) is 11.6. The summed E-state index contributed by atoms with van der Waals surface area (Å²) in [7, 11) is 0. The zero-order valence-electron chi connectivity index (χ0n) is 72.2. The summed E-state index contributed by atoms with van der Waals surface area (Å²) in [5.74, 6) is -2.40. The third kappa shape index (κ3) is 38.8. The molecule has 5 radical (unpaired) electrons. The molecule has 19 aromatic rings. The van der Waals surface area contributed by atoms with Gasteiger partial charge in [0, 0.05) is 167 Å². The number of hydrogen-bond donors (Lipinski definition) is 1. The van der Waals surface area contributed by atoms with Crippen molar-refractivity contribution in [1.29, 1.82) is 0 Å². The standard InChI is InChI=1S/C17H12N.C16H12N.2C12H10N.C11H6F2N.3C11H8N.C6H5NO2.C5H8O2.5Ir/c1-2-6-14(7-3-1)15-9-11-16(12-10-15)17-8-4-5-13-18-17;1-12-11-16(13-7-3-2-4-8-13)17-15-10-6-5-9-14(12)15;1-10-5-4-6-11(9-10)12-7-2-3-8-13-12;1-10-5-7-11(8-6-10)12-4-2-3-9-13-12;12-8-4-5-9(10(13)7-8)11-3-1-2-6-14-11;3*1-2-6-10(7-3-1)11-8-4-5-9-12-11;8-6(9)5-3-1-2-4-7-5;1-4(6)3-5(2)7;;;;;/h1-11,13H;2-7,9-11H,1H3;2-5,7-9H,1H3;2-7,9H,1H3;1-4,6-7H;3*1-6,8-9H;1-4H,(H,8,9);3H2,1-2H3;;;;;/q8*-1;;;;;;;. The number of para-hydroxylation sites is 1. The van der Waals surface area contributed by atoms with Crippen LogP contribution >= 0.6 is 0 Å². The van der Waals surface area contributed by atoms with E-state index in [0.717, 1.165) is 96.5 Å². The molecule has 0 saturated heterocycles. The molecule has 671 valence electrons. The van der Waals surface area contributed by atoms with Crippen LogP contribution in [0, 0.1) is 80.9 Å². The van der Waals surface area contributed by atoms with Crippen molar-refractivity contribution in [3.8, 4) is 101 Å². The SMILES string of the molecule is CC(=O)CC(C)=O.Cc1c[c-]c(-c2ccccn2)cc1.Cc1cc(-c2[c-]cccc2)nc2ccccc12.Cc1cc[c-]c(-c2ccccn2)c1.Fc1c[c-]c(-c2ccccn2)c(F)c1.O=C(O)c1ccccn1.[Ir].[Ir].[Ir].[Ir].[Ir].[c-]1cc(-c2ccccc2)ccc1-c1ccccn1.[c-]1ccccc1-c1ccccn1.[c-]1ccccc1-c1ccccn1.[c-]1ccccc1-c1ccccn1. The first kappa shape index (κ1) is 109. The molecule has 9 heterocycles. The Labute approximate surface area is 838 Å². The molecule has 0 spiro atoms. The van der Waals surface area contributed by atoms with E-state index < -0.39 is 17.6 Å². The number of carboxylic acid groups (broad SMARTS) is 1. The van der Waals surface area contributed by atoms with E-state index in [-0.39, 0.29) is 130 Å². The third-order valence-electron chi connectivity index (χ3n) is 17.7. The first-order valence-electron chi connectivity index (χ1n) is 40.3. The molecule has 19 rings (SSSR count). The van der Waals surface area contributed by atoms with Gasteiger partial charge in [0.2, 0.25) is 0 Å².